The highest BCUT2D eigenvalue weighted by atomic mass is 35.5. The lowest BCUT2D eigenvalue weighted by Crippen LogP contribution is -2.33. The number of aromatic carboxylic acids is 1. The van der Waals surface area contributed by atoms with Gasteiger partial charge in [-0.15, -0.1) is 0 Å². The minimum absolute atomic E-state index is 0.0808. The summed E-state index contributed by atoms with van der Waals surface area (Å²) < 4.78 is 0. The molecule has 1 N–H and O–H groups in total. The molecule has 0 unspecified atom stereocenters. The quantitative estimate of drug-likeness (QED) is 0.671. The van der Waals surface area contributed by atoms with Crippen LogP contribution in [0.5, 0.6) is 0 Å². The van der Waals surface area contributed by atoms with E-state index in [1.54, 1.807) is 0 Å². The predicted molar refractivity (Wildman–Crippen MR) is 78.6 cm³/mol. The number of carbonyl (C=O) groups excluding carboxylic acids is 2. The summed E-state index contributed by atoms with van der Waals surface area (Å²) in [5.41, 5.74) is 0.170. The Balaban J connectivity index is 1.76. The smallest absolute Gasteiger partial charge is 0.337 e. The number of amides is 2. The predicted octanol–water partition coefficient (Wildman–Crippen LogP) is 2.35. The van der Waals surface area contributed by atoms with Gasteiger partial charge in [0.15, 0.2) is 0 Å². The van der Waals surface area contributed by atoms with Crippen LogP contribution in [-0.2, 0) is 9.59 Å². The van der Waals surface area contributed by atoms with Crippen molar-refractivity contribution >= 4 is 35.1 Å². The zero-order chi connectivity index (χ0) is 15.6. The van der Waals surface area contributed by atoms with Gasteiger partial charge < -0.3 is 5.11 Å². The van der Waals surface area contributed by atoms with Crippen molar-refractivity contribution in [2.24, 2.45) is 23.7 Å². The highest BCUT2D eigenvalue weighted by Gasteiger charge is 2.59. The van der Waals surface area contributed by atoms with E-state index in [1.165, 1.54) is 18.2 Å². The minimum atomic E-state index is -1.19. The highest BCUT2D eigenvalue weighted by Crippen LogP contribution is 2.53. The molecule has 0 spiro atoms. The molecule has 112 valence electrons. The molecule has 1 aromatic rings. The van der Waals surface area contributed by atoms with Crippen LogP contribution in [0.15, 0.2) is 30.4 Å². The fourth-order valence-electron chi connectivity index (χ4n) is 3.97. The maximum Gasteiger partial charge on any atom is 0.337 e. The molecule has 2 amide bonds. The number of fused-ring (bicyclic) bond motifs is 5. The summed E-state index contributed by atoms with van der Waals surface area (Å²) in [4.78, 5) is 37.6. The van der Waals surface area contributed by atoms with Gasteiger partial charge in [0.1, 0.15) is 0 Å². The molecule has 3 aliphatic rings. The zero-order valence-corrected chi connectivity index (χ0v) is 12.2. The second-order valence-electron chi connectivity index (χ2n) is 5.98. The van der Waals surface area contributed by atoms with Crippen molar-refractivity contribution in [1.82, 2.24) is 0 Å². The number of halogens is 1. The molecule has 1 aromatic carbocycles. The van der Waals surface area contributed by atoms with Gasteiger partial charge in [-0.2, -0.15) is 0 Å². The average molecular weight is 318 g/mol. The maximum absolute atomic E-state index is 12.6. The van der Waals surface area contributed by atoms with Crippen molar-refractivity contribution in [3.63, 3.8) is 0 Å². The molecule has 0 radical (unpaired) electrons. The van der Waals surface area contributed by atoms with Crippen LogP contribution >= 0.6 is 11.6 Å². The highest BCUT2D eigenvalue weighted by molar-refractivity contribution is 6.34. The molecule has 2 aliphatic carbocycles. The van der Waals surface area contributed by atoms with E-state index in [4.69, 9.17) is 16.7 Å². The van der Waals surface area contributed by atoms with E-state index in [1.807, 2.05) is 12.2 Å². The SMILES string of the molecule is O=C(O)c1cc(N2C(=O)[C@H]3[C@H](C2=O)[C@H]2C=C[C@H]3C2)ccc1Cl. The van der Waals surface area contributed by atoms with Gasteiger partial charge in [-0.05, 0) is 36.5 Å². The van der Waals surface area contributed by atoms with Gasteiger partial charge in [0.05, 0.1) is 28.1 Å². The number of imide groups is 1. The van der Waals surface area contributed by atoms with Crippen molar-refractivity contribution in [1.29, 1.82) is 0 Å². The number of carboxylic acid groups (broad SMARTS) is 1. The largest absolute Gasteiger partial charge is 0.478 e. The normalized spacial score (nSPS) is 32.0. The van der Waals surface area contributed by atoms with Gasteiger partial charge in [0, 0.05) is 0 Å². The molecule has 0 aromatic heterocycles. The second-order valence-corrected chi connectivity index (χ2v) is 6.39. The summed E-state index contributed by atoms with van der Waals surface area (Å²) in [5.74, 6) is -1.99. The van der Waals surface area contributed by atoms with Crippen LogP contribution < -0.4 is 4.90 Å². The van der Waals surface area contributed by atoms with E-state index in [0.29, 0.717) is 0 Å². The summed E-state index contributed by atoms with van der Waals surface area (Å²) in [6, 6.07) is 4.21. The monoisotopic (exact) mass is 317 g/mol. The average Bonchev–Trinajstić information content (AvgIpc) is 3.14. The number of allylic oxidation sites excluding steroid dienone is 2. The Morgan fingerprint density at radius 3 is 2.27 bits per heavy atom. The van der Waals surface area contributed by atoms with Crippen LogP contribution in [0.1, 0.15) is 16.8 Å². The van der Waals surface area contributed by atoms with E-state index < -0.39 is 5.97 Å². The molecule has 1 aliphatic heterocycles. The molecule has 1 saturated heterocycles. The number of nitrogens with zero attached hydrogens (tertiary/aromatic N) is 1. The van der Waals surface area contributed by atoms with Crippen molar-refractivity contribution in [3.05, 3.63) is 40.9 Å². The van der Waals surface area contributed by atoms with Gasteiger partial charge in [0.25, 0.3) is 0 Å². The Morgan fingerprint density at radius 2 is 1.73 bits per heavy atom. The minimum Gasteiger partial charge on any atom is -0.478 e. The molecular weight excluding hydrogens is 306 g/mol. The van der Waals surface area contributed by atoms with Gasteiger partial charge in [-0.3, -0.25) is 9.59 Å². The molecule has 6 heteroatoms. The Kier molecular flexibility index (Phi) is 2.72. The number of rotatable bonds is 2. The van der Waals surface area contributed by atoms with Crippen LogP contribution in [0.4, 0.5) is 5.69 Å². The van der Waals surface area contributed by atoms with Gasteiger partial charge in [-0.1, -0.05) is 23.8 Å². The van der Waals surface area contributed by atoms with E-state index in [9.17, 15) is 14.4 Å². The van der Waals surface area contributed by atoms with Crippen molar-refractivity contribution in [2.75, 3.05) is 4.90 Å². The van der Waals surface area contributed by atoms with E-state index >= 15 is 0 Å². The summed E-state index contributed by atoms with van der Waals surface area (Å²) in [6.07, 6.45) is 4.90. The standard InChI is InChI=1S/C16H12ClNO4/c17-11-4-3-9(6-10(11)16(21)22)18-14(19)12-7-1-2-8(5-7)13(12)15(18)20/h1-4,6-8,12-13H,5H2,(H,21,22)/t7-,8-,12+,13+/m0/s1. The first-order chi connectivity index (χ1) is 10.5. The lowest BCUT2D eigenvalue weighted by Gasteiger charge is -2.18. The zero-order valence-electron chi connectivity index (χ0n) is 11.4. The van der Waals surface area contributed by atoms with E-state index in [-0.39, 0.29) is 51.8 Å². The Bertz CT molecular complexity index is 727. The van der Waals surface area contributed by atoms with Crippen molar-refractivity contribution < 1.29 is 19.5 Å². The first-order valence-electron chi connectivity index (χ1n) is 7.08. The molecule has 2 bridgehead atoms. The topological polar surface area (TPSA) is 74.7 Å². The van der Waals surface area contributed by atoms with Crippen LogP contribution in [-0.4, -0.2) is 22.9 Å². The summed E-state index contributed by atoms with van der Waals surface area (Å²) >= 11 is 5.84. The second kappa shape index (κ2) is 4.43. The molecule has 22 heavy (non-hydrogen) atoms. The third kappa shape index (κ3) is 1.63. The number of carbonyl (C=O) groups is 3. The first kappa shape index (κ1) is 13.5. The summed E-state index contributed by atoms with van der Waals surface area (Å²) in [6.45, 7) is 0. The molecule has 1 saturated carbocycles. The number of benzene rings is 1. The van der Waals surface area contributed by atoms with Crippen LogP contribution in [0.25, 0.3) is 0 Å². The third-order valence-electron chi connectivity index (χ3n) is 4.91. The summed E-state index contributed by atoms with van der Waals surface area (Å²) in [7, 11) is 0. The number of anilines is 1. The maximum atomic E-state index is 12.6. The fourth-order valence-corrected chi connectivity index (χ4v) is 4.17. The lowest BCUT2D eigenvalue weighted by atomic mass is 9.85. The van der Waals surface area contributed by atoms with Crippen molar-refractivity contribution in [2.45, 2.75) is 6.42 Å². The molecule has 2 fully saturated rings. The number of hydrogen-bond donors (Lipinski definition) is 1. The van der Waals surface area contributed by atoms with Crippen LogP contribution in [0.3, 0.4) is 0 Å². The summed E-state index contributed by atoms with van der Waals surface area (Å²) in [5, 5.41) is 9.22. The van der Waals surface area contributed by atoms with E-state index in [2.05, 4.69) is 0 Å². The Morgan fingerprint density at radius 1 is 1.14 bits per heavy atom. The lowest BCUT2D eigenvalue weighted by molar-refractivity contribution is -0.123. The van der Waals surface area contributed by atoms with E-state index in [0.717, 1.165) is 11.3 Å². The Hall–Kier alpha value is -2.14. The first-order valence-corrected chi connectivity index (χ1v) is 7.46. The molecular formula is C16H12ClNO4. The van der Waals surface area contributed by atoms with Gasteiger partial charge in [0.2, 0.25) is 11.8 Å². The fraction of sp³-hybridized carbons (Fsp3) is 0.312. The number of hydrogen-bond acceptors (Lipinski definition) is 3. The molecule has 4 rings (SSSR count). The van der Waals surface area contributed by atoms with Gasteiger partial charge in [-0.25, -0.2) is 9.69 Å². The number of carboxylic acids is 1. The third-order valence-corrected chi connectivity index (χ3v) is 5.24. The molecule has 5 nitrogen and oxygen atoms in total. The van der Waals surface area contributed by atoms with Gasteiger partial charge >= 0.3 is 5.97 Å². The Labute approximate surface area is 131 Å². The van der Waals surface area contributed by atoms with Crippen LogP contribution in [0.2, 0.25) is 5.02 Å². The van der Waals surface area contributed by atoms with Crippen molar-refractivity contribution in [3.8, 4) is 0 Å². The molecule has 1 heterocycles. The molecule has 4 atom stereocenters. The van der Waals surface area contributed by atoms with Crippen LogP contribution in [0, 0.1) is 23.7 Å².